The number of Topliss-reactive ketones (excluding diaryl/α,β-unsaturated/α-hetero) is 1. The number of aliphatic imine (C=N–C) groups is 1. The minimum atomic E-state index is -2.74. The molecular formula is C25H26F2N5O2P. The molecule has 10 heteroatoms. The maximum atomic E-state index is 13.4. The summed E-state index contributed by atoms with van der Waals surface area (Å²) in [6.45, 7) is 3.36. The minimum Gasteiger partial charge on any atom is -0.353 e. The number of rotatable bonds is 8. The summed E-state index contributed by atoms with van der Waals surface area (Å²) in [5, 5.41) is 8.32. The van der Waals surface area contributed by atoms with E-state index in [-0.39, 0.29) is 30.3 Å². The van der Waals surface area contributed by atoms with E-state index in [9.17, 15) is 18.1 Å². The van der Waals surface area contributed by atoms with Crippen molar-refractivity contribution in [1.29, 1.82) is 0 Å². The quantitative estimate of drug-likeness (QED) is 0.448. The number of fused-ring (bicyclic) bond motifs is 1. The van der Waals surface area contributed by atoms with Gasteiger partial charge in [0.25, 0.3) is 6.43 Å². The van der Waals surface area contributed by atoms with E-state index in [0.29, 0.717) is 33.8 Å². The molecule has 0 saturated heterocycles. The Labute approximate surface area is 202 Å². The number of hydrogen-bond acceptors (Lipinski definition) is 6. The van der Waals surface area contributed by atoms with E-state index in [2.05, 4.69) is 20.4 Å². The van der Waals surface area contributed by atoms with Crippen molar-refractivity contribution in [3.8, 4) is 11.3 Å². The average Bonchev–Trinajstić information content (AvgIpc) is 3.41. The van der Waals surface area contributed by atoms with Crippen LogP contribution in [-0.2, 0) is 29.2 Å². The molecule has 0 amide bonds. The van der Waals surface area contributed by atoms with Crippen LogP contribution in [0.3, 0.4) is 0 Å². The lowest BCUT2D eigenvalue weighted by Gasteiger charge is -2.18. The number of carbonyl (C=O) groups is 1. The first kappa shape index (κ1) is 23.5. The van der Waals surface area contributed by atoms with Crippen LogP contribution in [0.5, 0.6) is 0 Å². The van der Waals surface area contributed by atoms with Crippen molar-refractivity contribution in [2.24, 2.45) is 18.0 Å². The van der Waals surface area contributed by atoms with Crippen LogP contribution in [0.15, 0.2) is 41.5 Å². The van der Waals surface area contributed by atoms with E-state index >= 15 is 0 Å². The second-order valence-electron chi connectivity index (χ2n) is 9.54. The SMILES string of the molecule is Cn1ccc(-c2ccc(Nc3cc(CC(=O)C4CC4)nc4c3N=C(C(F)F)C4)c(P(C)(C)=O)c2)n1. The number of nitrogens with one attached hydrogen (secondary N) is 1. The summed E-state index contributed by atoms with van der Waals surface area (Å²) in [5.41, 5.74) is 3.68. The lowest BCUT2D eigenvalue weighted by Crippen LogP contribution is -2.12. The number of pyridine rings is 1. The number of carbonyl (C=O) groups excluding carboxylic acids is 1. The van der Waals surface area contributed by atoms with Gasteiger partial charge in [-0.1, -0.05) is 6.07 Å². The summed E-state index contributed by atoms with van der Waals surface area (Å²) in [6.07, 6.45) is 1.03. The zero-order valence-corrected chi connectivity index (χ0v) is 20.7. The Morgan fingerprint density at radius 3 is 2.60 bits per heavy atom. The van der Waals surface area contributed by atoms with Crippen LogP contribution >= 0.6 is 7.14 Å². The molecule has 1 fully saturated rings. The van der Waals surface area contributed by atoms with Gasteiger partial charge in [-0.3, -0.25) is 14.5 Å². The van der Waals surface area contributed by atoms with Crippen molar-refractivity contribution in [2.75, 3.05) is 18.6 Å². The second-order valence-corrected chi connectivity index (χ2v) is 12.7. The molecule has 3 heterocycles. The highest BCUT2D eigenvalue weighted by Gasteiger charge is 2.31. The number of aryl methyl sites for hydroxylation is 1. The maximum Gasteiger partial charge on any atom is 0.277 e. The minimum absolute atomic E-state index is 0.0569. The normalized spacial score (nSPS) is 15.3. The van der Waals surface area contributed by atoms with E-state index < -0.39 is 13.6 Å². The molecule has 182 valence electrons. The van der Waals surface area contributed by atoms with E-state index in [0.717, 1.165) is 24.1 Å². The van der Waals surface area contributed by atoms with E-state index in [1.165, 1.54) is 0 Å². The Hall–Kier alpha value is -3.19. The molecule has 7 nitrogen and oxygen atoms in total. The van der Waals surface area contributed by atoms with Crippen LogP contribution in [0.25, 0.3) is 11.3 Å². The van der Waals surface area contributed by atoms with Gasteiger partial charge in [-0.05, 0) is 50.4 Å². The molecule has 2 aromatic heterocycles. The Kier molecular flexibility index (Phi) is 5.91. The molecule has 0 spiro atoms. The molecule has 1 saturated carbocycles. The van der Waals surface area contributed by atoms with E-state index in [1.807, 2.05) is 37.5 Å². The summed E-state index contributed by atoms with van der Waals surface area (Å²) in [6, 6.07) is 9.11. The highest BCUT2D eigenvalue weighted by atomic mass is 31.2. The third-order valence-corrected chi connectivity index (χ3v) is 7.75. The molecule has 2 aliphatic rings. The molecule has 1 aromatic carbocycles. The Bertz CT molecular complexity index is 1400. The van der Waals surface area contributed by atoms with Gasteiger partial charge in [0.2, 0.25) is 0 Å². The lowest BCUT2D eigenvalue weighted by atomic mass is 10.1. The summed E-state index contributed by atoms with van der Waals surface area (Å²) in [4.78, 5) is 21.1. The Morgan fingerprint density at radius 2 is 1.97 bits per heavy atom. The monoisotopic (exact) mass is 497 g/mol. The molecule has 1 aliphatic carbocycles. The Balaban J connectivity index is 1.56. The highest BCUT2D eigenvalue weighted by Crippen LogP contribution is 2.42. The van der Waals surface area contributed by atoms with Crippen LogP contribution in [0.1, 0.15) is 24.2 Å². The van der Waals surface area contributed by atoms with Crippen molar-refractivity contribution in [2.45, 2.75) is 32.1 Å². The van der Waals surface area contributed by atoms with Crippen molar-refractivity contribution in [1.82, 2.24) is 14.8 Å². The van der Waals surface area contributed by atoms with Gasteiger partial charge < -0.3 is 9.88 Å². The molecule has 0 bridgehead atoms. The van der Waals surface area contributed by atoms with Gasteiger partial charge in [0.1, 0.15) is 18.6 Å². The van der Waals surface area contributed by atoms with Crippen LogP contribution in [0.4, 0.5) is 25.8 Å². The van der Waals surface area contributed by atoms with Gasteiger partial charge in [0.15, 0.2) is 0 Å². The molecule has 3 aromatic rings. The number of halogens is 2. The third-order valence-electron chi connectivity index (χ3n) is 6.22. The fourth-order valence-electron chi connectivity index (χ4n) is 4.25. The number of hydrogen-bond donors (Lipinski definition) is 1. The molecular weight excluding hydrogens is 471 g/mol. The van der Waals surface area contributed by atoms with Crippen molar-refractivity contribution in [3.63, 3.8) is 0 Å². The predicted molar refractivity (Wildman–Crippen MR) is 133 cm³/mol. The highest BCUT2D eigenvalue weighted by molar-refractivity contribution is 7.70. The maximum absolute atomic E-state index is 13.4. The van der Waals surface area contributed by atoms with Crippen LogP contribution in [-0.4, -0.2) is 46.0 Å². The summed E-state index contributed by atoms with van der Waals surface area (Å²) in [7, 11) is -0.915. The van der Waals surface area contributed by atoms with Gasteiger partial charge in [-0.25, -0.2) is 13.8 Å². The zero-order chi connectivity index (χ0) is 24.9. The van der Waals surface area contributed by atoms with Gasteiger partial charge in [-0.15, -0.1) is 0 Å². The molecule has 0 atom stereocenters. The first-order chi connectivity index (χ1) is 16.6. The van der Waals surface area contributed by atoms with Crippen molar-refractivity contribution in [3.05, 3.63) is 47.9 Å². The first-order valence-corrected chi connectivity index (χ1v) is 14.1. The van der Waals surface area contributed by atoms with E-state index in [4.69, 9.17) is 0 Å². The number of benzene rings is 1. The fraction of sp³-hybridized carbons (Fsp3) is 0.360. The van der Waals surface area contributed by atoms with Gasteiger partial charge >= 0.3 is 0 Å². The molecule has 0 radical (unpaired) electrons. The number of alkyl halides is 2. The summed E-state index contributed by atoms with van der Waals surface area (Å²) in [5.74, 6) is 0.189. The molecule has 0 unspecified atom stereocenters. The summed E-state index contributed by atoms with van der Waals surface area (Å²) < 4.78 is 41.8. The topological polar surface area (TPSA) is 89.2 Å². The van der Waals surface area contributed by atoms with Crippen LogP contribution < -0.4 is 10.6 Å². The van der Waals surface area contributed by atoms with Crippen LogP contribution in [0, 0.1) is 5.92 Å². The number of ketones is 1. The van der Waals surface area contributed by atoms with Gasteiger partial charge in [0, 0.05) is 48.6 Å². The molecule has 35 heavy (non-hydrogen) atoms. The number of aromatic nitrogens is 3. The molecule has 1 N–H and O–H groups in total. The van der Waals surface area contributed by atoms with Crippen molar-refractivity contribution < 1.29 is 18.1 Å². The lowest BCUT2D eigenvalue weighted by molar-refractivity contribution is -0.119. The smallest absolute Gasteiger partial charge is 0.277 e. The fourth-order valence-corrected chi connectivity index (χ4v) is 5.41. The molecule has 1 aliphatic heterocycles. The van der Waals surface area contributed by atoms with Crippen LogP contribution in [0.2, 0.25) is 0 Å². The standard InChI is InChI=1S/C25H26F2N5O2P/c1-32-9-8-17(31-32)15-6-7-18(23(10-15)35(2,3)34)29-19-11-16(12-22(33)14-4-5-14)28-20-13-21(25(26)27)30-24(19)20/h6-11,14,25H,4-5,12-13H2,1-3H3,(H,28,29). The van der Waals surface area contributed by atoms with Gasteiger partial charge in [0.05, 0.1) is 28.5 Å². The largest absolute Gasteiger partial charge is 0.353 e. The second kappa shape index (κ2) is 8.79. The number of anilines is 2. The summed E-state index contributed by atoms with van der Waals surface area (Å²) >= 11 is 0. The zero-order valence-electron chi connectivity index (χ0n) is 19.8. The predicted octanol–water partition coefficient (Wildman–Crippen LogP) is 4.89. The Morgan fingerprint density at radius 1 is 1.20 bits per heavy atom. The first-order valence-electron chi connectivity index (χ1n) is 11.5. The van der Waals surface area contributed by atoms with Crippen molar-refractivity contribution >= 4 is 41.0 Å². The average molecular weight is 497 g/mol. The van der Waals surface area contributed by atoms with Gasteiger partial charge in [-0.2, -0.15) is 5.10 Å². The molecule has 5 rings (SSSR count). The third kappa shape index (κ3) is 4.96. The number of nitrogens with zero attached hydrogens (tertiary/aromatic N) is 4. The van der Waals surface area contributed by atoms with E-state index in [1.54, 1.807) is 24.1 Å².